The van der Waals surface area contributed by atoms with Crippen LogP contribution in [0.25, 0.3) is 0 Å². The minimum atomic E-state index is -0.758. The number of carbonyl (C=O) groups excluding carboxylic acids is 2. The van der Waals surface area contributed by atoms with Gasteiger partial charge in [-0.25, -0.2) is 0 Å². The van der Waals surface area contributed by atoms with Gasteiger partial charge in [0.25, 0.3) is 0 Å². The molecule has 0 fully saturated rings. The summed E-state index contributed by atoms with van der Waals surface area (Å²) in [5, 5.41) is 18.2. The molecule has 0 spiro atoms. The van der Waals surface area contributed by atoms with Crippen LogP contribution in [0, 0.1) is 0 Å². The number of aliphatic hydroxyl groups is 1. The first-order chi connectivity index (χ1) is 24.8. The Morgan fingerprint density at radius 3 is 1.37 bits per heavy atom. The first kappa shape index (κ1) is 49.3. The number of carbonyl (C=O) groups is 3. The van der Waals surface area contributed by atoms with Gasteiger partial charge in [0.2, 0.25) is 0 Å². The van der Waals surface area contributed by atoms with E-state index >= 15 is 0 Å². The molecule has 0 saturated carbocycles. The molecule has 0 aromatic carbocycles. The van der Waals surface area contributed by atoms with Gasteiger partial charge < -0.3 is 24.6 Å². The molecule has 0 aliphatic rings. The Labute approximate surface area is 314 Å². The minimum Gasteiger partial charge on any atom is -0.481 e. The lowest BCUT2D eigenvalue weighted by atomic mass is 10.0. The summed E-state index contributed by atoms with van der Waals surface area (Å²) in [5.74, 6) is -0.890. The smallest absolute Gasteiger partial charge is 0.306 e. The first-order valence-corrected chi connectivity index (χ1v) is 21.8. The van der Waals surface area contributed by atoms with Crippen LogP contribution in [0.4, 0.5) is 0 Å². The van der Waals surface area contributed by atoms with Crippen LogP contribution in [0.1, 0.15) is 220 Å². The number of rotatable bonds is 40. The molecule has 0 aromatic rings. The zero-order valence-corrected chi connectivity index (χ0v) is 33.8. The Kier molecular flexibility index (Phi) is 36.8. The van der Waals surface area contributed by atoms with E-state index < -0.39 is 5.97 Å². The summed E-state index contributed by atoms with van der Waals surface area (Å²) in [6.07, 6.45) is 32.3. The summed E-state index contributed by atoms with van der Waals surface area (Å²) >= 11 is 0. The van der Waals surface area contributed by atoms with Crippen molar-refractivity contribution in [3.8, 4) is 0 Å². The molecular weight excluding hydrogens is 642 g/mol. The highest BCUT2D eigenvalue weighted by molar-refractivity contribution is 5.69. The highest BCUT2D eigenvalue weighted by atomic mass is 16.5. The first-order valence-electron chi connectivity index (χ1n) is 21.8. The molecule has 0 amide bonds. The van der Waals surface area contributed by atoms with Crippen molar-refractivity contribution in [1.29, 1.82) is 0 Å². The number of hydrogen-bond donors (Lipinski definition) is 2. The third-order valence-corrected chi connectivity index (χ3v) is 10.0. The quantitative estimate of drug-likeness (QED) is 0.0474. The molecule has 8 nitrogen and oxygen atoms in total. The molecular formula is C43H83NO7. The molecule has 51 heavy (non-hydrogen) atoms. The molecule has 1 atom stereocenters. The zero-order valence-electron chi connectivity index (χ0n) is 33.8. The number of aliphatic carboxylic acids is 1. The van der Waals surface area contributed by atoms with Crippen LogP contribution in [-0.4, -0.2) is 71.5 Å². The van der Waals surface area contributed by atoms with Gasteiger partial charge in [-0.2, -0.15) is 0 Å². The molecule has 1 unspecified atom stereocenters. The van der Waals surface area contributed by atoms with E-state index in [0.717, 1.165) is 109 Å². The third kappa shape index (κ3) is 36.5. The summed E-state index contributed by atoms with van der Waals surface area (Å²) in [5.41, 5.74) is 0. The minimum absolute atomic E-state index is 0.00100. The molecule has 0 saturated heterocycles. The second-order valence-electron chi connectivity index (χ2n) is 15.1. The van der Waals surface area contributed by atoms with Gasteiger partial charge in [0.15, 0.2) is 0 Å². The topological polar surface area (TPSA) is 113 Å². The molecule has 0 rings (SSSR count). The Bertz CT molecular complexity index is 776. The Hall–Kier alpha value is -1.67. The molecule has 0 heterocycles. The second-order valence-corrected chi connectivity index (χ2v) is 15.1. The fraction of sp³-hybridized carbons (Fsp3) is 0.930. The maximum absolute atomic E-state index is 12.7. The van der Waals surface area contributed by atoms with Crippen molar-refractivity contribution in [2.75, 3.05) is 26.2 Å². The van der Waals surface area contributed by atoms with Gasteiger partial charge in [-0.15, -0.1) is 0 Å². The van der Waals surface area contributed by atoms with E-state index in [-0.39, 0.29) is 37.2 Å². The monoisotopic (exact) mass is 726 g/mol. The van der Waals surface area contributed by atoms with E-state index in [2.05, 4.69) is 18.7 Å². The maximum atomic E-state index is 12.7. The van der Waals surface area contributed by atoms with Gasteiger partial charge in [-0.05, 0) is 90.6 Å². The lowest BCUT2D eigenvalue weighted by Crippen LogP contribution is -2.29. The van der Waals surface area contributed by atoms with Gasteiger partial charge in [-0.3, -0.25) is 14.4 Å². The van der Waals surface area contributed by atoms with E-state index in [0.29, 0.717) is 25.8 Å². The number of carboxylic acid groups (broad SMARTS) is 1. The van der Waals surface area contributed by atoms with Gasteiger partial charge in [0.05, 0.1) is 12.7 Å². The molecule has 2 N–H and O–H groups in total. The fourth-order valence-corrected chi connectivity index (χ4v) is 6.79. The number of nitrogens with zero attached hydrogens (tertiary/aromatic N) is 1. The highest BCUT2D eigenvalue weighted by Crippen LogP contribution is 2.19. The van der Waals surface area contributed by atoms with Crippen LogP contribution < -0.4 is 0 Å². The summed E-state index contributed by atoms with van der Waals surface area (Å²) in [6, 6.07) is 0. The van der Waals surface area contributed by atoms with Crippen molar-refractivity contribution < 1.29 is 34.1 Å². The standard InChI is InChI=1S/C43H83NO7/c1-4-6-8-10-14-22-30-40(31-23-15-11-9-7-5-2)51-43(49)34-26-17-13-19-28-36-44(37-38-45)35-27-18-12-16-25-33-42(48)50-39(3)29-21-20-24-32-41(46)47/h39-40,45H,4-38H2,1-3H3,(H,46,47). The summed E-state index contributed by atoms with van der Waals surface area (Å²) < 4.78 is 11.5. The van der Waals surface area contributed by atoms with Crippen LogP contribution in [-0.2, 0) is 23.9 Å². The van der Waals surface area contributed by atoms with Crippen LogP contribution >= 0.6 is 0 Å². The normalized spacial score (nSPS) is 12.1. The molecule has 302 valence electrons. The summed E-state index contributed by atoms with van der Waals surface area (Å²) in [6.45, 7) is 9.32. The molecule has 8 heteroatoms. The van der Waals surface area contributed by atoms with Crippen molar-refractivity contribution in [1.82, 2.24) is 4.90 Å². The van der Waals surface area contributed by atoms with Crippen molar-refractivity contribution in [3.05, 3.63) is 0 Å². The van der Waals surface area contributed by atoms with Crippen LogP contribution in [0.3, 0.4) is 0 Å². The highest BCUT2D eigenvalue weighted by Gasteiger charge is 2.15. The lowest BCUT2D eigenvalue weighted by Gasteiger charge is -2.21. The third-order valence-electron chi connectivity index (χ3n) is 10.0. The van der Waals surface area contributed by atoms with Crippen LogP contribution in [0.2, 0.25) is 0 Å². The lowest BCUT2D eigenvalue weighted by molar-refractivity contribution is -0.150. The zero-order chi connectivity index (χ0) is 37.6. The summed E-state index contributed by atoms with van der Waals surface area (Å²) in [7, 11) is 0. The number of ether oxygens (including phenoxy) is 2. The van der Waals surface area contributed by atoms with Crippen LogP contribution in [0.15, 0.2) is 0 Å². The van der Waals surface area contributed by atoms with Crippen LogP contribution in [0.5, 0.6) is 0 Å². The van der Waals surface area contributed by atoms with Crippen molar-refractivity contribution in [2.24, 2.45) is 0 Å². The average molecular weight is 726 g/mol. The van der Waals surface area contributed by atoms with E-state index in [1.165, 1.54) is 77.0 Å². The second kappa shape index (κ2) is 38.1. The van der Waals surface area contributed by atoms with Gasteiger partial charge >= 0.3 is 17.9 Å². The maximum Gasteiger partial charge on any atom is 0.306 e. The van der Waals surface area contributed by atoms with Gasteiger partial charge in [0, 0.05) is 25.8 Å². The number of carboxylic acids is 1. The molecule has 0 bridgehead atoms. The SMILES string of the molecule is CCCCCCCCC(CCCCCCCC)OC(=O)CCCCCCCN(CCO)CCCCCCCC(=O)OC(C)CCCCCC(=O)O. The fourth-order valence-electron chi connectivity index (χ4n) is 6.79. The molecule has 0 aromatic heterocycles. The van der Waals surface area contributed by atoms with Crippen molar-refractivity contribution >= 4 is 17.9 Å². The predicted octanol–water partition coefficient (Wildman–Crippen LogP) is 11.3. The number of unbranched alkanes of at least 4 members (excludes halogenated alkanes) is 20. The predicted molar refractivity (Wildman–Crippen MR) is 211 cm³/mol. The largest absolute Gasteiger partial charge is 0.481 e. The van der Waals surface area contributed by atoms with E-state index in [4.69, 9.17) is 14.6 Å². The average Bonchev–Trinajstić information content (AvgIpc) is 3.09. The van der Waals surface area contributed by atoms with Gasteiger partial charge in [0.1, 0.15) is 6.10 Å². The Morgan fingerprint density at radius 2 is 0.882 bits per heavy atom. The number of aliphatic hydroxyl groups excluding tert-OH is 1. The number of hydrogen-bond acceptors (Lipinski definition) is 7. The Morgan fingerprint density at radius 1 is 0.490 bits per heavy atom. The van der Waals surface area contributed by atoms with Crippen molar-refractivity contribution in [2.45, 2.75) is 232 Å². The van der Waals surface area contributed by atoms with E-state index in [9.17, 15) is 19.5 Å². The van der Waals surface area contributed by atoms with Gasteiger partial charge in [-0.1, -0.05) is 123 Å². The number of esters is 2. The molecule has 0 aliphatic carbocycles. The van der Waals surface area contributed by atoms with Crippen molar-refractivity contribution in [3.63, 3.8) is 0 Å². The summed E-state index contributed by atoms with van der Waals surface area (Å²) in [4.78, 5) is 37.7. The molecule has 0 radical (unpaired) electrons. The van der Waals surface area contributed by atoms with E-state index in [1.807, 2.05) is 6.92 Å². The molecule has 0 aliphatic heterocycles. The Balaban J connectivity index is 4.01. The van der Waals surface area contributed by atoms with E-state index in [1.54, 1.807) is 0 Å².